The summed E-state index contributed by atoms with van der Waals surface area (Å²) < 4.78 is 1.03. The second kappa shape index (κ2) is 6.13. The van der Waals surface area contributed by atoms with Crippen molar-refractivity contribution < 1.29 is 0 Å². The van der Waals surface area contributed by atoms with Crippen LogP contribution in [0.25, 0.3) is 10.9 Å². The zero-order valence-corrected chi connectivity index (χ0v) is 13.9. The van der Waals surface area contributed by atoms with Crippen LogP contribution in [-0.4, -0.2) is 9.97 Å². The quantitative estimate of drug-likeness (QED) is 0.696. The van der Waals surface area contributed by atoms with Crippen molar-refractivity contribution in [2.24, 2.45) is 5.73 Å². The average Bonchev–Trinajstić information content (AvgIpc) is 2.49. The van der Waals surface area contributed by atoms with E-state index in [0.717, 1.165) is 30.9 Å². The molecule has 1 heterocycles. The van der Waals surface area contributed by atoms with Crippen LogP contribution in [0.5, 0.6) is 0 Å². The van der Waals surface area contributed by atoms with Gasteiger partial charge in [0.1, 0.15) is 11.4 Å². The van der Waals surface area contributed by atoms with E-state index >= 15 is 0 Å². The van der Waals surface area contributed by atoms with Crippen molar-refractivity contribution in [1.29, 1.82) is 0 Å². The highest BCUT2D eigenvalue weighted by Crippen LogP contribution is 2.36. The third-order valence-corrected chi connectivity index (χ3v) is 5.21. The number of hydrogen-bond acceptors (Lipinski definition) is 4. The molecule has 1 aromatic heterocycles. The fourth-order valence-corrected chi connectivity index (χ4v) is 3.57. The Morgan fingerprint density at radius 2 is 1.95 bits per heavy atom. The molecule has 2 aromatic carbocycles. The summed E-state index contributed by atoms with van der Waals surface area (Å²) in [6.45, 7) is 1.98. The highest BCUT2D eigenvalue weighted by atomic mass is 79.9. The molecule has 5 heteroatoms. The highest BCUT2D eigenvalue weighted by molar-refractivity contribution is 9.10. The van der Waals surface area contributed by atoms with Crippen LogP contribution in [0.1, 0.15) is 18.5 Å². The van der Waals surface area contributed by atoms with E-state index in [-0.39, 0.29) is 6.04 Å². The Hall–Kier alpha value is -1.43. The zero-order valence-electron chi connectivity index (χ0n) is 11.5. The summed E-state index contributed by atoms with van der Waals surface area (Å²) in [4.78, 5) is 9.81. The molecule has 3 aromatic rings. The second-order valence-corrected chi connectivity index (χ2v) is 6.66. The minimum absolute atomic E-state index is 0.0280. The average molecular weight is 360 g/mol. The number of nitrogens with two attached hydrogens (primary N) is 1. The molecular weight excluding hydrogens is 346 g/mol. The lowest BCUT2D eigenvalue weighted by Crippen LogP contribution is -2.04. The maximum atomic E-state index is 5.91. The summed E-state index contributed by atoms with van der Waals surface area (Å²) in [5.41, 5.74) is 7.98. The highest BCUT2D eigenvalue weighted by Gasteiger charge is 2.09. The molecule has 3 nitrogen and oxygen atoms in total. The molecule has 0 aliphatic heterocycles. The van der Waals surface area contributed by atoms with Crippen molar-refractivity contribution in [2.45, 2.75) is 22.9 Å². The van der Waals surface area contributed by atoms with Gasteiger partial charge in [0, 0.05) is 20.8 Å². The van der Waals surface area contributed by atoms with E-state index in [0.29, 0.717) is 0 Å². The Balaban J connectivity index is 1.99. The van der Waals surface area contributed by atoms with Gasteiger partial charge in [-0.3, -0.25) is 0 Å². The maximum absolute atomic E-state index is 5.91. The molecule has 106 valence electrons. The molecule has 0 unspecified atom stereocenters. The number of aromatic nitrogens is 2. The van der Waals surface area contributed by atoms with Gasteiger partial charge >= 0.3 is 0 Å². The van der Waals surface area contributed by atoms with E-state index < -0.39 is 0 Å². The summed E-state index contributed by atoms with van der Waals surface area (Å²) in [5, 5.41) is 2.02. The number of hydrogen-bond donors (Lipinski definition) is 1. The SMILES string of the molecule is C[C@@H](N)c1ccc(Sc2ncnc3ccccc23)c(Br)c1. The maximum Gasteiger partial charge on any atom is 0.117 e. The van der Waals surface area contributed by atoms with Gasteiger partial charge in [-0.2, -0.15) is 0 Å². The first-order valence-corrected chi connectivity index (χ1v) is 8.19. The number of halogens is 1. The van der Waals surface area contributed by atoms with E-state index in [1.165, 1.54) is 0 Å². The van der Waals surface area contributed by atoms with Crippen LogP contribution in [0.3, 0.4) is 0 Å². The molecule has 0 aliphatic rings. The summed E-state index contributed by atoms with van der Waals surface area (Å²) in [7, 11) is 0. The number of rotatable bonds is 3. The molecule has 0 spiro atoms. The fraction of sp³-hybridized carbons (Fsp3) is 0.125. The molecular formula is C16H14BrN3S. The normalized spacial score (nSPS) is 12.5. The first-order chi connectivity index (χ1) is 10.1. The lowest BCUT2D eigenvalue weighted by atomic mass is 10.1. The van der Waals surface area contributed by atoms with Crippen LogP contribution < -0.4 is 5.73 Å². The Bertz CT molecular complexity index is 784. The molecule has 21 heavy (non-hydrogen) atoms. The van der Waals surface area contributed by atoms with Crippen LogP contribution in [0, 0.1) is 0 Å². The lowest BCUT2D eigenvalue weighted by Gasteiger charge is -2.10. The van der Waals surface area contributed by atoms with Crippen molar-refractivity contribution in [1.82, 2.24) is 9.97 Å². The minimum atomic E-state index is 0.0280. The van der Waals surface area contributed by atoms with Gasteiger partial charge in [0.05, 0.1) is 5.52 Å². The minimum Gasteiger partial charge on any atom is -0.324 e. The first-order valence-electron chi connectivity index (χ1n) is 6.58. The molecule has 0 saturated carbocycles. The van der Waals surface area contributed by atoms with Crippen LogP contribution >= 0.6 is 27.7 Å². The molecule has 0 bridgehead atoms. The van der Waals surface area contributed by atoms with Crippen molar-refractivity contribution in [3.8, 4) is 0 Å². The Labute approximate surface area is 136 Å². The monoisotopic (exact) mass is 359 g/mol. The topological polar surface area (TPSA) is 51.8 Å². The molecule has 0 amide bonds. The van der Waals surface area contributed by atoms with Crippen LogP contribution in [0.2, 0.25) is 0 Å². The van der Waals surface area contributed by atoms with Crippen molar-refractivity contribution in [2.75, 3.05) is 0 Å². The predicted molar refractivity (Wildman–Crippen MR) is 90.4 cm³/mol. The Morgan fingerprint density at radius 1 is 1.14 bits per heavy atom. The van der Waals surface area contributed by atoms with Gasteiger partial charge in [0.25, 0.3) is 0 Å². The molecule has 0 radical (unpaired) electrons. The summed E-state index contributed by atoms with van der Waals surface area (Å²) in [6, 6.07) is 14.3. The third kappa shape index (κ3) is 3.10. The van der Waals surface area contributed by atoms with Gasteiger partial charge in [-0.1, -0.05) is 36.0 Å². The zero-order chi connectivity index (χ0) is 14.8. The van der Waals surface area contributed by atoms with E-state index in [9.17, 15) is 0 Å². The molecule has 1 atom stereocenters. The van der Waals surface area contributed by atoms with E-state index in [4.69, 9.17) is 5.73 Å². The van der Waals surface area contributed by atoms with E-state index in [2.05, 4.69) is 44.1 Å². The number of fused-ring (bicyclic) bond motifs is 1. The van der Waals surface area contributed by atoms with Gasteiger partial charge < -0.3 is 5.73 Å². The molecule has 2 N–H and O–H groups in total. The predicted octanol–water partition coefficient (Wildman–Crippen LogP) is 4.56. The summed E-state index contributed by atoms with van der Waals surface area (Å²) in [5.74, 6) is 0. The van der Waals surface area contributed by atoms with Crippen LogP contribution in [0.15, 0.2) is 63.2 Å². The van der Waals surface area contributed by atoms with Crippen molar-refractivity contribution in [3.63, 3.8) is 0 Å². The summed E-state index contributed by atoms with van der Waals surface area (Å²) in [6.07, 6.45) is 1.61. The van der Waals surface area contributed by atoms with Gasteiger partial charge in [-0.05, 0) is 46.6 Å². The smallest absolute Gasteiger partial charge is 0.117 e. The number of para-hydroxylation sites is 1. The second-order valence-electron chi connectivity index (χ2n) is 4.78. The molecule has 0 aliphatic carbocycles. The Kier molecular flexibility index (Phi) is 4.24. The van der Waals surface area contributed by atoms with Crippen molar-refractivity contribution >= 4 is 38.6 Å². The molecule has 0 saturated heterocycles. The summed E-state index contributed by atoms with van der Waals surface area (Å²) >= 11 is 5.24. The van der Waals surface area contributed by atoms with E-state index in [1.807, 2.05) is 31.2 Å². The van der Waals surface area contributed by atoms with Gasteiger partial charge in [0.15, 0.2) is 0 Å². The Morgan fingerprint density at radius 3 is 2.71 bits per heavy atom. The van der Waals surface area contributed by atoms with Crippen LogP contribution in [-0.2, 0) is 0 Å². The lowest BCUT2D eigenvalue weighted by molar-refractivity contribution is 0.815. The standard InChI is InChI=1S/C16H14BrN3S/c1-10(18)11-6-7-15(13(17)8-11)21-16-12-4-2-3-5-14(12)19-9-20-16/h2-10H,18H2,1H3/t10-/m1/s1. The van der Waals surface area contributed by atoms with Gasteiger partial charge in [-0.15, -0.1) is 0 Å². The number of benzene rings is 2. The van der Waals surface area contributed by atoms with Gasteiger partial charge in [0.2, 0.25) is 0 Å². The number of nitrogens with zero attached hydrogens (tertiary/aromatic N) is 2. The van der Waals surface area contributed by atoms with Gasteiger partial charge in [-0.25, -0.2) is 9.97 Å². The molecule has 3 rings (SSSR count). The molecule has 0 fully saturated rings. The van der Waals surface area contributed by atoms with Crippen molar-refractivity contribution in [3.05, 3.63) is 58.8 Å². The van der Waals surface area contributed by atoms with Crippen LogP contribution in [0.4, 0.5) is 0 Å². The van der Waals surface area contributed by atoms with E-state index in [1.54, 1.807) is 18.1 Å². The fourth-order valence-electron chi connectivity index (χ4n) is 2.05. The first kappa shape index (κ1) is 14.5. The third-order valence-electron chi connectivity index (χ3n) is 3.19. The largest absolute Gasteiger partial charge is 0.324 e.